The van der Waals surface area contributed by atoms with Crippen LogP contribution in [0.2, 0.25) is 5.02 Å². The zero-order valence-corrected chi connectivity index (χ0v) is 18.7. The number of hydrogen-bond acceptors (Lipinski definition) is 5. The van der Waals surface area contributed by atoms with E-state index in [0.717, 1.165) is 17.3 Å². The number of nitrogens with one attached hydrogen (secondary N) is 1. The van der Waals surface area contributed by atoms with Crippen molar-refractivity contribution >= 4 is 63.3 Å². The Labute approximate surface area is 191 Å². The summed E-state index contributed by atoms with van der Waals surface area (Å²) in [7, 11) is 1.55. The lowest BCUT2D eigenvalue weighted by molar-refractivity contribution is -0.128. The summed E-state index contributed by atoms with van der Waals surface area (Å²) in [5.41, 5.74) is -2.03. The molecule has 0 bridgehead atoms. The quantitative estimate of drug-likeness (QED) is 0.572. The minimum absolute atomic E-state index is 0.00317. The van der Waals surface area contributed by atoms with E-state index < -0.39 is 10.8 Å². The van der Waals surface area contributed by atoms with Crippen molar-refractivity contribution in [3.05, 3.63) is 53.1 Å². The average Bonchev–Trinajstić information content (AvgIpc) is 2.68. The minimum atomic E-state index is -3.82. The number of rotatable bonds is 5. The van der Waals surface area contributed by atoms with Gasteiger partial charge in [-0.15, -0.1) is 8.78 Å². The molecule has 1 atom stereocenters. The second-order valence-electron chi connectivity index (χ2n) is 6.65. The van der Waals surface area contributed by atoms with Gasteiger partial charge in [0.15, 0.2) is 5.17 Å². The van der Waals surface area contributed by atoms with Crippen molar-refractivity contribution in [3.8, 4) is 5.75 Å². The number of amides is 2. The first-order chi connectivity index (χ1) is 14.5. The van der Waals surface area contributed by atoms with Gasteiger partial charge < -0.3 is 10.1 Å². The standard InChI is InChI=1S/C20H17Cl2F2N3O3S/c1-11-3-4-13(9-15(11)21)25-18(29)16-10-17(28)27(2)19(31-16)26-12-5-7-14(8-6-12)30-20(22,23)24/h3-9,16H,10H2,1-2H3,(H,25,29). The van der Waals surface area contributed by atoms with Gasteiger partial charge in [0.25, 0.3) is 0 Å². The molecule has 164 valence electrons. The Morgan fingerprint density at radius 1 is 1.29 bits per heavy atom. The van der Waals surface area contributed by atoms with E-state index in [4.69, 9.17) is 23.2 Å². The van der Waals surface area contributed by atoms with E-state index in [0.29, 0.717) is 21.6 Å². The highest BCUT2D eigenvalue weighted by molar-refractivity contribution is 8.15. The third kappa shape index (κ3) is 6.32. The van der Waals surface area contributed by atoms with Crippen molar-refractivity contribution in [1.82, 2.24) is 4.90 Å². The Morgan fingerprint density at radius 2 is 1.97 bits per heavy atom. The van der Waals surface area contributed by atoms with Crippen LogP contribution in [-0.4, -0.2) is 39.7 Å². The van der Waals surface area contributed by atoms with Crippen molar-refractivity contribution < 1.29 is 23.1 Å². The number of carbonyl (C=O) groups is 2. The maximum Gasteiger partial charge on any atom is 0.487 e. The van der Waals surface area contributed by atoms with E-state index in [1.807, 2.05) is 6.92 Å². The van der Waals surface area contributed by atoms with Crippen LogP contribution in [0.1, 0.15) is 12.0 Å². The van der Waals surface area contributed by atoms with Crippen molar-refractivity contribution in [2.45, 2.75) is 24.2 Å². The van der Waals surface area contributed by atoms with Crippen LogP contribution in [-0.2, 0) is 9.59 Å². The highest BCUT2D eigenvalue weighted by Crippen LogP contribution is 2.31. The molecule has 2 aromatic rings. The monoisotopic (exact) mass is 487 g/mol. The second kappa shape index (κ2) is 9.42. The number of halogens is 4. The predicted molar refractivity (Wildman–Crippen MR) is 119 cm³/mol. The molecule has 1 aliphatic rings. The molecule has 6 nitrogen and oxygen atoms in total. The Morgan fingerprint density at radius 3 is 2.58 bits per heavy atom. The number of alkyl halides is 3. The fourth-order valence-corrected chi connectivity index (χ4v) is 3.96. The van der Waals surface area contributed by atoms with Crippen LogP contribution >= 0.6 is 35.0 Å². The lowest BCUT2D eigenvalue weighted by Crippen LogP contribution is -2.43. The first-order valence-electron chi connectivity index (χ1n) is 8.96. The maximum absolute atomic E-state index is 12.7. The third-order valence-corrected chi connectivity index (χ3v) is 6.02. The Hall–Kier alpha value is -2.36. The number of aliphatic imine (C=N–C) groups is 1. The van der Waals surface area contributed by atoms with Gasteiger partial charge in [0.1, 0.15) is 11.0 Å². The van der Waals surface area contributed by atoms with Crippen LogP contribution in [0.5, 0.6) is 5.75 Å². The van der Waals surface area contributed by atoms with Crippen molar-refractivity contribution in [3.63, 3.8) is 0 Å². The SMILES string of the molecule is Cc1ccc(NC(=O)C2CC(=O)N(C)C(=Nc3ccc(OC(F)(F)Cl)cc3)S2)cc1Cl. The molecule has 3 rings (SSSR count). The van der Waals surface area contributed by atoms with E-state index in [-0.39, 0.29) is 24.0 Å². The van der Waals surface area contributed by atoms with Crippen molar-refractivity contribution in [1.29, 1.82) is 0 Å². The van der Waals surface area contributed by atoms with Gasteiger partial charge in [-0.05, 0) is 48.9 Å². The third-order valence-electron chi connectivity index (χ3n) is 4.30. The number of amidine groups is 1. The number of benzene rings is 2. The molecule has 0 spiro atoms. The van der Waals surface area contributed by atoms with Gasteiger partial charge in [0.2, 0.25) is 11.8 Å². The van der Waals surface area contributed by atoms with Crippen LogP contribution in [0, 0.1) is 6.92 Å². The molecule has 11 heteroatoms. The molecule has 1 fully saturated rings. The normalized spacial score (nSPS) is 18.3. The fourth-order valence-electron chi connectivity index (χ4n) is 2.62. The number of nitrogens with zero attached hydrogens (tertiary/aromatic N) is 2. The molecule has 1 saturated heterocycles. The number of carbonyl (C=O) groups excluding carboxylic acids is 2. The summed E-state index contributed by atoms with van der Waals surface area (Å²) < 4.78 is 29.7. The summed E-state index contributed by atoms with van der Waals surface area (Å²) in [5, 5.41) is 2.88. The zero-order chi connectivity index (χ0) is 22.8. The van der Waals surface area contributed by atoms with Gasteiger partial charge in [0, 0.05) is 35.8 Å². The molecule has 2 aromatic carbocycles. The van der Waals surface area contributed by atoms with Crippen LogP contribution in [0.4, 0.5) is 20.2 Å². The first-order valence-corrected chi connectivity index (χ1v) is 10.6. The molecule has 0 aromatic heterocycles. The van der Waals surface area contributed by atoms with Crippen molar-refractivity contribution in [2.75, 3.05) is 12.4 Å². The van der Waals surface area contributed by atoms with E-state index in [2.05, 4.69) is 15.0 Å². The first kappa shape index (κ1) is 23.3. The minimum Gasteiger partial charge on any atom is -0.420 e. The Kier molecular flexibility index (Phi) is 7.08. The van der Waals surface area contributed by atoms with E-state index >= 15 is 0 Å². The lowest BCUT2D eigenvalue weighted by Gasteiger charge is -2.28. The highest BCUT2D eigenvalue weighted by Gasteiger charge is 2.34. The summed E-state index contributed by atoms with van der Waals surface area (Å²) in [6.45, 7) is 1.85. The van der Waals surface area contributed by atoms with Crippen LogP contribution in [0.25, 0.3) is 0 Å². The Bertz CT molecular complexity index is 1030. The molecule has 1 unspecified atom stereocenters. The summed E-state index contributed by atoms with van der Waals surface area (Å²) in [4.78, 5) is 30.8. The molecular weight excluding hydrogens is 471 g/mol. The van der Waals surface area contributed by atoms with Gasteiger partial charge in [-0.1, -0.05) is 29.4 Å². The molecule has 1 N–H and O–H groups in total. The lowest BCUT2D eigenvalue weighted by atomic mass is 10.2. The number of hydrogen-bond donors (Lipinski definition) is 1. The highest BCUT2D eigenvalue weighted by atomic mass is 35.5. The summed E-state index contributed by atoms with van der Waals surface area (Å²) in [6.07, 6.45) is 0.00317. The van der Waals surface area contributed by atoms with Gasteiger partial charge >= 0.3 is 5.57 Å². The van der Waals surface area contributed by atoms with Gasteiger partial charge in [0.05, 0.1) is 5.69 Å². The molecule has 0 aliphatic carbocycles. The van der Waals surface area contributed by atoms with E-state index in [1.54, 1.807) is 25.2 Å². The molecule has 0 saturated carbocycles. The summed E-state index contributed by atoms with van der Waals surface area (Å²) >= 11 is 12.0. The smallest absolute Gasteiger partial charge is 0.420 e. The second-order valence-corrected chi connectivity index (χ2v) is 8.67. The van der Waals surface area contributed by atoms with E-state index in [9.17, 15) is 18.4 Å². The average molecular weight is 488 g/mol. The molecular formula is C20H17Cl2F2N3O3S. The number of thioether (sulfide) groups is 1. The van der Waals surface area contributed by atoms with Crippen LogP contribution in [0.15, 0.2) is 47.5 Å². The molecule has 1 heterocycles. The van der Waals surface area contributed by atoms with Gasteiger partial charge in [-0.3, -0.25) is 14.5 Å². The molecule has 1 aliphatic heterocycles. The largest absolute Gasteiger partial charge is 0.487 e. The number of aryl methyl sites for hydroxylation is 1. The molecule has 0 radical (unpaired) electrons. The number of anilines is 1. The van der Waals surface area contributed by atoms with Crippen LogP contribution in [0.3, 0.4) is 0 Å². The van der Waals surface area contributed by atoms with Gasteiger partial charge in [-0.25, -0.2) is 4.99 Å². The van der Waals surface area contributed by atoms with Gasteiger partial charge in [-0.2, -0.15) is 0 Å². The molecule has 31 heavy (non-hydrogen) atoms. The fraction of sp³-hybridized carbons (Fsp3) is 0.250. The predicted octanol–water partition coefficient (Wildman–Crippen LogP) is 5.41. The maximum atomic E-state index is 12.7. The Balaban J connectivity index is 1.74. The van der Waals surface area contributed by atoms with Crippen LogP contribution < -0.4 is 10.1 Å². The van der Waals surface area contributed by atoms with Crippen molar-refractivity contribution in [2.24, 2.45) is 4.99 Å². The topological polar surface area (TPSA) is 71.0 Å². The number of ether oxygens (including phenoxy) is 1. The zero-order valence-electron chi connectivity index (χ0n) is 16.4. The summed E-state index contributed by atoms with van der Waals surface area (Å²) in [6, 6.07) is 10.6. The molecule has 2 amide bonds. The van der Waals surface area contributed by atoms with E-state index in [1.165, 1.54) is 29.2 Å². The summed E-state index contributed by atoms with van der Waals surface area (Å²) in [5.74, 6) is -0.771.